The molecule has 1 rings (SSSR count). The minimum absolute atomic E-state index is 0.0148. The van der Waals surface area contributed by atoms with Crippen molar-refractivity contribution < 1.29 is 14.8 Å². The number of β-lactam (4-membered cyclic amide) rings is 1. The van der Waals surface area contributed by atoms with Crippen LogP contribution in [0.5, 0.6) is 0 Å². The number of hydrogen-bond acceptors (Lipinski definition) is 3. The smallest absolute Gasteiger partial charge is 0.248 e. The third-order valence-corrected chi connectivity index (χ3v) is 1.91. The summed E-state index contributed by atoms with van der Waals surface area (Å²) in [4.78, 5) is 21.2. The van der Waals surface area contributed by atoms with Crippen LogP contribution in [0.1, 0.15) is 26.7 Å². The molecule has 0 bridgehead atoms. The minimum atomic E-state index is -0.636. The minimum Gasteiger partial charge on any atom is -0.300 e. The zero-order chi connectivity index (χ0) is 8.65. The van der Waals surface area contributed by atoms with Crippen LogP contribution in [0.4, 0.5) is 0 Å². The van der Waals surface area contributed by atoms with Gasteiger partial charge >= 0.3 is 0 Å². The average molecular weight is 157 g/mol. The molecule has 0 aromatic heterocycles. The molecule has 62 valence electrons. The molecule has 4 nitrogen and oxygen atoms in total. The van der Waals surface area contributed by atoms with Gasteiger partial charge in [0.25, 0.3) is 0 Å². The zero-order valence-corrected chi connectivity index (χ0v) is 6.63. The van der Waals surface area contributed by atoms with Gasteiger partial charge in [-0.1, -0.05) is 0 Å². The first-order chi connectivity index (χ1) is 4.96. The number of Topliss-reactive ketones (excluding diaryl/α,β-unsaturated/α-hetero) is 1. The monoisotopic (exact) mass is 157 g/mol. The highest BCUT2D eigenvalue weighted by Gasteiger charge is 2.47. The van der Waals surface area contributed by atoms with Crippen LogP contribution in [0, 0.1) is 0 Å². The van der Waals surface area contributed by atoms with Gasteiger partial charge in [0.05, 0.1) is 12.0 Å². The Morgan fingerprint density at radius 2 is 2.36 bits per heavy atom. The molecule has 1 N–H and O–H groups in total. The normalized spacial score (nSPS) is 30.1. The van der Waals surface area contributed by atoms with Crippen LogP contribution in [0.25, 0.3) is 0 Å². The molecule has 0 spiro atoms. The third kappa shape index (κ3) is 1.26. The van der Waals surface area contributed by atoms with E-state index in [1.165, 1.54) is 6.92 Å². The largest absolute Gasteiger partial charge is 0.300 e. The van der Waals surface area contributed by atoms with Crippen molar-refractivity contribution in [3.8, 4) is 0 Å². The van der Waals surface area contributed by atoms with Crippen molar-refractivity contribution in [1.29, 1.82) is 0 Å². The fraction of sp³-hybridized carbons (Fsp3) is 0.714. The van der Waals surface area contributed by atoms with Crippen LogP contribution in [0.3, 0.4) is 0 Å². The number of carbonyl (C=O) groups excluding carboxylic acids is 2. The summed E-state index contributed by atoms with van der Waals surface area (Å²) in [5.74, 6) is -0.326. The van der Waals surface area contributed by atoms with Crippen molar-refractivity contribution in [2.45, 2.75) is 32.2 Å². The van der Waals surface area contributed by atoms with E-state index in [2.05, 4.69) is 0 Å². The van der Waals surface area contributed by atoms with E-state index in [1.807, 2.05) is 0 Å². The first-order valence-corrected chi connectivity index (χ1v) is 3.47. The van der Waals surface area contributed by atoms with E-state index in [4.69, 9.17) is 5.21 Å². The van der Waals surface area contributed by atoms with Crippen LogP contribution >= 0.6 is 0 Å². The van der Waals surface area contributed by atoms with Crippen molar-refractivity contribution in [2.75, 3.05) is 0 Å². The summed E-state index contributed by atoms with van der Waals surface area (Å²) in [6.45, 7) is 3.14. The number of rotatable bonds is 2. The molecule has 1 saturated heterocycles. The topological polar surface area (TPSA) is 57.6 Å². The summed E-state index contributed by atoms with van der Waals surface area (Å²) >= 11 is 0. The predicted molar refractivity (Wildman–Crippen MR) is 37.0 cm³/mol. The molecule has 0 aromatic carbocycles. The fourth-order valence-corrected chi connectivity index (χ4v) is 1.36. The Hall–Kier alpha value is -0.900. The quantitative estimate of drug-likeness (QED) is 0.464. The van der Waals surface area contributed by atoms with E-state index in [0.29, 0.717) is 5.06 Å². The Morgan fingerprint density at radius 3 is 2.64 bits per heavy atom. The number of ketones is 1. The van der Waals surface area contributed by atoms with Crippen molar-refractivity contribution in [1.82, 2.24) is 5.06 Å². The number of amides is 1. The van der Waals surface area contributed by atoms with Gasteiger partial charge in [-0.05, 0) is 13.8 Å². The molecule has 11 heavy (non-hydrogen) atoms. The number of hydroxylamine groups is 2. The van der Waals surface area contributed by atoms with Crippen molar-refractivity contribution in [3.63, 3.8) is 0 Å². The van der Waals surface area contributed by atoms with Crippen LogP contribution in [-0.2, 0) is 9.59 Å². The molecule has 1 amide bonds. The SMILES string of the molecule is CC(=O)CC1(C)CC(=O)N1O. The third-order valence-electron chi connectivity index (χ3n) is 1.91. The first kappa shape index (κ1) is 8.20. The Labute approximate surface area is 64.8 Å². The van der Waals surface area contributed by atoms with Crippen LogP contribution in [-0.4, -0.2) is 27.5 Å². The van der Waals surface area contributed by atoms with Gasteiger partial charge in [-0.15, -0.1) is 0 Å². The maximum atomic E-state index is 10.7. The predicted octanol–water partition coefficient (Wildman–Crippen LogP) is 0.346. The molecule has 1 aliphatic rings. The maximum absolute atomic E-state index is 10.7. The molecule has 0 saturated carbocycles. The van der Waals surface area contributed by atoms with E-state index < -0.39 is 5.54 Å². The number of nitrogens with zero attached hydrogens (tertiary/aromatic N) is 1. The highest BCUT2D eigenvalue weighted by molar-refractivity contribution is 5.87. The molecule has 1 fully saturated rings. The van der Waals surface area contributed by atoms with Gasteiger partial charge in [0, 0.05) is 6.42 Å². The second-order valence-corrected chi connectivity index (χ2v) is 3.26. The molecule has 0 radical (unpaired) electrons. The van der Waals surface area contributed by atoms with Gasteiger partial charge in [-0.2, -0.15) is 0 Å². The summed E-state index contributed by atoms with van der Waals surface area (Å²) in [6, 6.07) is 0. The highest BCUT2D eigenvalue weighted by Crippen LogP contribution is 2.32. The number of carbonyl (C=O) groups is 2. The lowest BCUT2D eigenvalue weighted by Crippen LogP contribution is -2.60. The van der Waals surface area contributed by atoms with Gasteiger partial charge in [0.15, 0.2) is 0 Å². The molecule has 4 heteroatoms. The molecule has 1 aliphatic heterocycles. The zero-order valence-electron chi connectivity index (χ0n) is 6.63. The maximum Gasteiger partial charge on any atom is 0.248 e. The second kappa shape index (κ2) is 2.30. The molecule has 1 heterocycles. The van der Waals surface area contributed by atoms with E-state index >= 15 is 0 Å². The molecule has 0 aliphatic carbocycles. The number of hydrogen-bond donors (Lipinski definition) is 1. The van der Waals surface area contributed by atoms with Crippen molar-refractivity contribution in [2.24, 2.45) is 0 Å². The average Bonchev–Trinajstić information content (AvgIpc) is 1.85. The standard InChI is InChI=1S/C7H11NO3/c1-5(9)3-7(2)4-6(10)8(7)11/h11H,3-4H2,1-2H3. The van der Waals surface area contributed by atoms with Crippen LogP contribution in [0.2, 0.25) is 0 Å². The van der Waals surface area contributed by atoms with E-state index in [0.717, 1.165) is 0 Å². The molecule has 1 unspecified atom stereocenters. The summed E-state index contributed by atoms with van der Waals surface area (Å²) in [6.07, 6.45) is 0.498. The van der Waals surface area contributed by atoms with Crippen LogP contribution < -0.4 is 0 Å². The van der Waals surface area contributed by atoms with Crippen molar-refractivity contribution in [3.05, 3.63) is 0 Å². The molecule has 0 aromatic rings. The van der Waals surface area contributed by atoms with E-state index in [-0.39, 0.29) is 24.5 Å². The van der Waals surface area contributed by atoms with Crippen LogP contribution in [0.15, 0.2) is 0 Å². The Morgan fingerprint density at radius 1 is 1.82 bits per heavy atom. The lowest BCUT2D eigenvalue weighted by Gasteiger charge is -2.44. The summed E-state index contributed by atoms with van der Waals surface area (Å²) in [5.41, 5.74) is -0.636. The van der Waals surface area contributed by atoms with Gasteiger partial charge in [-0.3, -0.25) is 14.8 Å². The summed E-state index contributed by atoms with van der Waals surface area (Å²) < 4.78 is 0. The summed E-state index contributed by atoms with van der Waals surface area (Å²) in [7, 11) is 0. The first-order valence-electron chi connectivity index (χ1n) is 3.47. The highest BCUT2D eigenvalue weighted by atomic mass is 16.5. The fourth-order valence-electron chi connectivity index (χ4n) is 1.36. The van der Waals surface area contributed by atoms with E-state index in [9.17, 15) is 9.59 Å². The van der Waals surface area contributed by atoms with Gasteiger partial charge in [-0.25, -0.2) is 5.06 Å². The molecular weight excluding hydrogens is 146 g/mol. The van der Waals surface area contributed by atoms with Crippen molar-refractivity contribution >= 4 is 11.7 Å². The Kier molecular flexibility index (Phi) is 1.72. The van der Waals surface area contributed by atoms with E-state index in [1.54, 1.807) is 6.92 Å². The lowest BCUT2D eigenvalue weighted by molar-refractivity contribution is -0.226. The second-order valence-electron chi connectivity index (χ2n) is 3.26. The molecule has 1 atom stereocenters. The summed E-state index contributed by atoms with van der Waals surface area (Å²) in [5, 5.41) is 9.66. The molecular formula is C7H11NO3. The van der Waals surface area contributed by atoms with Gasteiger partial charge in [0.2, 0.25) is 5.91 Å². The Bertz CT molecular complexity index is 214. The van der Waals surface area contributed by atoms with Gasteiger partial charge < -0.3 is 0 Å². The Balaban J connectivity index is 2.57. The van der Waals surface area contributed by atoms with Gasteiger partial charge in [0.1, 0.15) is 5.78 Å². The lowest BCUT2D eigenvalue weighted by atomic mass is 9.84.